The molecule has 1 aromatic carbocycles. The maximum atomic E-state index is 11.2. The van der Waals surface area contributed by atoms with Crippen LogP contribution in [-0.2, 0) is 4.79 Å². The van der Waals surface area contributed by atoms with Crippen LogP contribution in [0.25, 0.3) is 0 Å². The first-order chi connectivity index (χ1) is 8.27. The zero-order chi connectivity index (χ0) is 12.1. The van der Waals surface area contributed by atoms with Gasteiger partial charge in [-0.3, -0.25) is 4.79 Å². The summed E-state index contributed by atoms with van der Waals surface area (Å²) in [7, 11) is 0. The summed E-state index contributed by atoms with van der Waals surface area (Å²) in [5.41, 5.74) is 0. The van der Waals surface area contributed by atoms with Crippen LogP contribution in [0.4, 0.5) is 0 Å². The van der Waals surface area contributed by atoms with Gasteiger partial charge in [0.1, 0.15) is 12.4 Å². The lowest BCUT2D eigenvalue weighted by atomic mass is 9.92. The second-order valence-corrected chi connectivity index (χ2v) is 4.61. The zero-order valence-electron chi connectivity index (χ0n) is 9.84. The Kier molecular flexibility index (Phi) is 4.02. The molecule has 17 heavy (non-hydrogen) atoms. The minimum absolute atomic E-state index is 0.282. The van der Waals surface area contributed by atoms with Gasteiger partial charge in [-0.1, -0.05) is 31.0 Å². The highest BCUT2D eigenvalue weighted by Gasteiger charge is 2.31. The summed E-state index contributed by atoms with van der Waals surface area (Å²) >= 11 is 0. The van der Waals surface area contributed by atoms with Crippen molar-refractivity contribution < 1.29 is 14.6 Å². The topological polar surface area (TPSA) is 46.5 Å². The highest BCUT2D eigenvalue weighted by molar-refractivity contribution is 5.70. The molecular weight excluding hydrogens is 216 g/mol. The molecule has 1 aliphatic rings. The van der Waals surface area contributed by atoms with E-state index in [1.165, 1.54) is 0 Å². The number of rotatable bonds is 5. The predicted octanol–water partition coefficient (Wildman–Crippen LogP) is 2.96. The van der Waals surface area contributed by atoms with E-state index in [2.05, 4.69) is 0 Å². The monoisotopic (exact) mass is 234 g/mol. The van der Waals surface area contributed by atoms with Gasteiger partial charge in [0.15, 0.2) is 0 Å². The third-order valence-electron chi connectivity index (χ3n) is 3.46. The lowest BCUT2D eigenvalue weighted by molar-refractivity contribution is -0.144. The fourth-order valence-electron chi connectivity index (χ4n) is 2.47. The Morgan fingerprint density at radius 2 is 1.94 bits per heavy atom. The summed E-state index contributed by atoms with van der Waals surface area (Å²) in [5.74, 6) is -0.0569. The molecule has 92 valence electrons. The first kappa shape index (κ1) is 12.0. The maximum absolute atomic E-state index is 11.2. The van der Waals surface area contributed by atoms with Crippen molar-refractivity contribution >= 4 is 5.97 Å². The molecule has 3 nitrogen and oxygen atoms in total. The van der Waals surface area contributed by atoms with Crippen molar-refractivity contribution in [3.63, 3.8) is 0 Å². The number of aliphatic carboxylic acids is 1. The molecule has 1 saturated carbocycles. The van der Waals surface area contributed by atoms with Crippen LogP contribution in [0.2, 0.25) is 0 Å². The second-order valence-electron chi connectivity index (χ2n) is 4.61. The van der Waals surface area contributed by atoms with Crippen molar-refractivity contribution in [2.45, 2.75) is 25.7 Å². The Bertz CT molecular complexity index is 355. The average Bonchev–Trinajstić information content (AvgIpc) is 2.84. The van der Waals surface area contributed by atoms with Gasteiger partial charge in [-0.15, -0.1) is 0 Å². The lowest BCUT2D eigenvalue weighted by Crippen LogP contribution is -2.28. The Morgan fingerprint density at radius 3 is 2.53 bits per heavy atom. The molecule has 1 unspecified atom stereocenters. The van der Waals surface area contributed by atoms with Crippen molar-refractivity contribution in [3.05, 3.63) is 30.3 Å². The Morgan fingerprint density at radius 1 is 1.29 bits per heavy atom. The average molecular weight is 234 g/mol. The molecule has 2 rings (SSSR count). The van der Waals surface area contributed by atoms with Crippen LogP contribution in [-0.4, -0.2) is 17.7 Å². The van der Waals surface area contributed by atoms with Gasteiger partial charge in [-0.2, -0.15) is 0 Å². The van der Waals surface area contributed by atoms with E-state index >= 15 is 0 Å². The Labute approximate surface area is 101 Å². The number of carboxylic acid groups (broad SMARTS) is 1. The first-order valence-corrected chi connectivity index (χ1v) is 6.18. The molecule has 3 heteroatoms. The van der Waals surface area contributed by atoms with Crippen LogP contribution in [0.3, 0.4) is 0 Å². The molecule has 0 spiro atoms. The first-order valence-electron chi connectivity index (χ1n) is 6.18. The fraction of sp³-hybridized carbons (Fsp3) is 0.500. The summed E-state index contributed by atoms with van der Waals surface area (Å²) in [6, 6.07) is 9.40. The number of para-hydroxylation sites is 1. The third-order valence-corrected chi connectivity index (χ3v) is 3.46. The van der Waals surface area contributed by atoms with Crippen LogP contribution >= 0.6 is 0 Å². The number of hydrogen-bond donors (Lipinski definition) is 1. The highest BCUT2D eigenvalue weighted by atomic mass is 16.5. The van der Waals surface area contributed by atoms with Crippen molar-refractivity contribution in [1.82, 2.24) is 0 Å². The standard InChI is InChI=1S/C14H18O3/c15-14(16)13(11-6-4-5-7-11)10-17-12-8-2-1-3-9-12/h1-3,8-9,11,13H,4-7,10H2,(H,15,16). The molecule has 0 saturated heterocycles. The predicted molar refractivity (Wildman–Crippen MR) is 65.0 cm³/mol. The summed E-state index contributed by atoms with van der Waals surface area (Å²) < 4.78 is 5.56. The third kappa shape index (κ3) is 3.22. The van der Waals surface area contributed by atoms with E-state index in [0.29, 0.717) is 0 Å². The second kappa shape index (κ2) is 5.71. The normalized spacial score (nSPS) is 17.9. The summed E-state index contributed by atoms with van der Waals surface area (Å²) in [6.07, 6.45) is 4.35. The molecular formula is C14H18O3. The van der Waals surface area contributed by atoms with Crippen LogP contribution in [0.5, 0.6) is 5.75 Å². The molecule has 0 aromatic heterocycles. The fourth-order valence-corrected chi connectivity index (χ4v) is 2.47. The molecule has 1 aromatic rings. The van der Waals surface area contributed by atoms with Crippen molar-refractivity contribution in [2.75, 3.05) is 6.61 Å². The van der Waals surface area contributed by atoms with E-state index in [9.17, 15) is 9.90 Å². The van der Waals surface area contributed by atoms with Gasteiger partial charge < -0.3 is 9.84 Å². The van der Waals surface area contributed by atoms with Gasteiger partial charge in [0.2, 0.25) is 0 Å². The Balaban J connectivity index is 1.92. The van der Waals surface area contributed by atoms with Crippen LogP contribution in [0, 0.1) is 11.8 Å². The molecule has 0 bridgehead atoms. The molecule has 0 heterocycles. The summed E-state index contributed by atoms with van der Waals surface area (Å²) in [6.45, 7) is 0.282. The molecule has 1 atom stereocenters. The molecule has 0 radical (unpaired) electrons. The van der Waals surface area contributed by atoms with Crippen LogP contribution in [0.1, 0.15) is 25.7 Å². The van der Waals surface area contributed by atoms with Gasteiger partial charge in [0.25, 0.3) is 0 Å². The lowest BCUT2D eigenvalue weighted by Gasteiger charge is -2.19. The molecule has 0 aliphatic heterocycles. The van der Waals surface area contributed by atoms with Crippen LogP contribution in [0.15, 0.2) is 30.3 Å². The quantitative estimate of drug-likeness (QED) is 0.852. The summed E-state index contributed by atoms with van der Waals surface area (Å²) in [4.78, 5) is 11.2. The number of carbonyl (C=O) groups is 1. The highest BCUT2D eigenvalue weighted by Crippen LogP contribution is 2.32. The van der Waals surface area contributed by atoms with E-state index in [-0.39, 0.29) is 18.4 Å². The maximum Gasteiger partial charge on any atom is 0.310 e. The van der Waals surface area contributed by atoms with E-state index in [4.69, 9.17) is 4.74 Å². The van der Waals surface area contributed by atoms with E-state index < -0.39 is 5.97 Å². The van der Waals surface area contributed by atoms with E-state index in [1.54, 1.807) is 0 Å². The zero-order valence-corrected chi connectivity index (χ0v) is 9.84. The Hall–Kier alpha value is -1.51. The molecule has 0 amide bonds. The number of carboxylic acids is 1. The molecule has 1 aliphatic carbocycles. The van der Waals surface area contributed by atoms with Crippen LogP contribution < -0.4 is 4.74 Å². The number of hydrogen-bond acceptors (Lipinski definition) is 2. The van der Waals surface area contributed by atoms with E-state index in [0.717, 1.165) is 31.4 Å². The van der Waals surface area contributed by atoms with Gasteiger partial charge in [-0.05, 0) is 30.9 Å². The van der Waals surface area contributed by atoms with Crippen molar-refractivity contribution in [2.24, 2.45) is 11.8 Å². The minimum Gasteiger partial charge on any atom is -0.493 e. The smallest absolute Gasteiger partial charge is 0.310 e. The van der Waals surface area contributed by atoms with Crippen molar-refractivity contribution in [3.8, 4) is 5.75 Å². The minimum atomic E-state index is -0.729. The number of benzene rings is 1. The van der Waals surface area contributed by atoms with Gasteiger partial charge >= 0.3 is 5.97 Å². The SMILES string of the molecule is O=C(O)C(COc1ccccc1)C1CCCC1. The van der Waals surface area contributed by atoms with Gasteiger partial charge in [0, 0.05) is 0 Å². The molecule has 1 fully saturated rings. The molecule has 1 N–H and O–H groups in total. The van der Waals surface area contributed by atoms with Gasteiger partial charge in [0.05, 0.1) is 5.92 Å². The van der Waals surface area contributed by atoms with E-state index in [1.807, 2.05) is 30.3 Å². The summed E-state index contributed by atoms with van der Waals surface area (Å²) in [5, 5.41) is 9.23. The van der Waals surface area contributed by atoms with Gasteiger partial charge in [-0.25, -0.2) is 0 Å². The largest absolute Gasteiger partial charge is 0.493 e. The number of ether oxygens (including phenoxy) is 1. The van der Waals surface area contributed by atoms with Crippen molar-refractivity contribution in [1.29, 1.82) is 0 Å².